The van der Waals surface area contributed by atoms with Crippen molar-refractivity contribution in [2.45, 2.75) is 33.6 Å². The van der Waals surface area contributed by atoms with E-state index in [0.29, 0.717) is 35.3 Å². The van der Waals surface area contributed by atoms with E-state index in [1.54, 1.807) is 25.1 Å². The maximum atomic E-state index is 11.7. The number of ketones is 3. The molecule has 0 amide bonds. The molecular formula is C18H21O4Y-. The predicted molar refractivity (Wildman–Crippen MR) is 85.3 cm³/mol. The third kappa shape index (κ3) is 6.88. The van der Waals surface area contributed by atoms with Crippen LogP contribution in [0.15, 0.2) is 30.4 Å². The van der Waals surface area contributed by atoms with Crippen molar-refractivity contribution in [2.75, 3.05) is 6.61 Å². The first-order chi connectivity index (χ1) is 10.3. The van der Waals surface area contributed by atoms with Crippen LogP contribution in [0.2, 0.25) is 0 Å². The molecule has 0 spiro atoms. The summed E-state index contributed by atoms with van der Waals surface area (Å²) in [6.45, 7) is 8.37. The monoisotopic (exact) mass is 390 g/mol. The van der Waals surface area contributed by atoms with Gasteiger partial charge in [-0.25, -0.2) is 0 Å². The van der Waals surface area contributed by atoms with Crippen molar-refractivity contribution in [3.63, 3.8) is 0 Å². The Morgan fingerprint density at radius 1 is 1.13 bits per heavy atom. The minimum atomic E-state index is -0.210. The Balaban J connectivity index is 0.00000484. The van der Waals surface area contributed by atoms with E-state index < -0.39 is 0 Å². The van der Waals surface area contributed by atoms with Crippen molar-refractivity contribution in [1.82, 2.24) is 0 Å². The van der Waals surface area contributed by atoms with Gasteiger partial charge in [-0.3, -0.25) is 20.8 Å². The number of benzene rings is 1. The van der Waals surface area contributed by atoms with Gasteiger partial charge in [0, 0.05) is 38.3 Å². The van der Waals surface area contributed by atoms with Crippen molar-refractivity contribution in [1.29, 1.82) is 0 Å². The molecule has 1 aromatic carbocycles. The fourth-order valence-corrected chi connectivity index (χ4v) is 1.99. The molecule has 4 nitrogen and oxygen atoms in total. The SMILES string of the molecule is C=C(C)C(=O)CC[CH-]COc1cccc(C(C)=O)c1C(C)=O.[Y]. The minimum Gasteiger partial charge on any atom is -0.524 e. The predicted octanol–water partition coefficient (Wildman–Crippen LogP) is 3.60. The summed E-state index contributed by atoms with van der Waals surface area (Å²) in [5.41, 5.74) is 1.21. The fourth-order valence-electron chi connectivity index (χ4n) is 1.99. The normalized spacial score (nSPS) is 9.70. The molecule has 0 heterocycles. The number of Topliss-reactive ketones (excluding diaryl/α,β-unsaturated/α-hetero) is 3. The van der Waals surface area contributed by atoms with Gasteiger partial charge in [-0.15, -0.1) is 0 Å². The number of rotatable bonds is 9. The zero-order chi connectivity index (χ0) is 16.7. The van der Waals surface area contributed by atoms with Crippen LogP contribution in [0.1, 0.15) is 54.3 Å². The summed E-state index contributed by atoms with van der Waals surface area (Å²) in [4.78, 5) is 34.7. The molecule has 1 radical (unpaired) electrons. The topological polar surface area (TPSA) is 60.4 Å². The summed E-state index contributed by atoms with van der Waals surface area (Å²) in [7, 11) is 0. The van der Waals surface area contributed by atoms with Gasteiger partial charge in [-0.1, -0.05) is 18.7 Å². The molecule has 0 aliphatic rings. The zero-order valence-corrected chi connectivity index (χ0v) is 16.7. The molecule has 0 bridgehead atoms. The van der Waals surface area contributed by atoms with E-state index in [9.17, 15) is 14.4 Å². The second-order valence-corrected chi connectivity index (χ2v) is 5.13. The Morgan fingerprint density at radius 3 is 2.30 bits per heavy atom. The van der Waals surface area contributed by atoms with Crippen molar-refractivity contribution >= 4 is 17.3 Å². The molecule has 0 aromatic heterocycles. The molecule has 121 valence electrons. The number of hydrogen-bond acceptors (Lipinski definition) is 4. The summed E-state index contributed by atoms with van der Waals surface area (Å²) in [5, 5.41) is 0. The first kappa shape index (κ1) is 21.9. The van der Waals surface area contributed by atoms with E-state index in [0.717, 1.165) is 0 Å². The maximum absolute atomic E-state index is 11.7. The van der Waals surface area contributed by atoms with Crippen LogP contribution in [0.4, 0.5) is 0 Å². The molecule has 0 aliphatic carbocycles. The minimum absolute atomic E-state index is 0. The fraction of sp³-hybridized carbons (Fsp3) is 0.333. The molecule has 0 N–H and O–H groups in total. The number of hydrogen-bond donors (Lipinski definition) is 0. The van der Waals surface area contributed by atoms with Gasteiger partial charge in [0.2, 0.25) is 0 Å². The average molecular weight is 390 g/mol. The van der Waals surface area contributed by atoms with E-state index >= 15 is 0 Å². The van der Waals surface area contributed by atoms with Gasteiger partial charge in [-0.05, 0) is 45.4 Å². The first-order valence-electron chi connectivity index (χ1n) is 7.12. The van der Waals surface area contributed by atoms with Gasteiger partial charge < -0.3 is 4.74 Å². The Bertz CT molecular complexity index is 605. The first-order valence-corrected chi connectivity index (χ1v) is 7.12. The van der Waals surface area contributed by atoms with Crippen LogP contribution in [-0.4, -0.2) is 24.0 Å². The van der Waals surface area contributed by atoms with Gasteiger partial charge >= 0.3 is 0 Å². The third-order valence-electron chi connectivity index (χ3n) is 3.17. The van der Waals surface area contributed by atoms with E-state index in [4.69, 9.17) is 4.74 Å². The van der Waals surface area contributed by atoms with E-state index in [2.05, 4.69) is 6.58 Å². The summed E-state index contributed by atoms with van der Waals surface area (Å²) >= 11 is 0. The van der Waals surface area contributed by atoms with Crippen LogP contribution < -0.4 is 4.74 Å². The Hall–Kier alpha value is -1.13. The summed E-state index contributed by atoms with van der Waals surface area (Å²) in [6.07, 6.45) is 2.80. The van der Waals surface area contributed by atoms with E-state index in [1.165, 1.54) is 13.8 Å². The van der Waals surface area contributed by atoms with Crippen LogP contribution in [0.3, 0.4) is 0 Å². The summed E-state index contributed by atoms with van der Waals surface area (Å²) in [6, 6.07) is 4.96. The van der Waals surface area contributed by atoms with Crippen molar-refractivity contribution in [3.05, 3.63) is 47.9 Å². The van der Waals surface area contributed by atoms with Crippen LogP contribution in [0.25, 0.3) is 0 Å². The molecule has 0 atom stereocenters. The van der Waals surface area contributed by atoms with Gasteiger partial charge in [0.1, 0.15) is 5.75 Å². The number of allylic oxidation sites excluding steroid dienone is 1. The van der Waals surface area contributed by atoms with Crippen LogP contribution in [0.5, 0.6) is 5.75 Å². The molecule has 0 fully saturated rings. The van der Waals surface area contributed by atoms with Crippen LogP contribution in [0, 0.1) is 6.42 Å². The van der Waals surface area contributed by atoms with Gasteiger partial charge in [0.05, 0.1) is 5.56 Å². The van der Waals surface area contributed by atoms with Crippen molar-refractivity contribution in [2.24, 2.45) is 0 Å². The van der Waals surface area contributed by atoms with Crippen molar-refractivity contribution < 1.29 is 51.8 Å². The maximum Gasteiger partial charge on any atom is 0.164 e. The average Bonchev–Trinajstić information content (AvgIpc) is 2.45. The largest absolute Gasteiger partial charge is 0.524 e. The number of unbranched alkanes of at least 4 members (excludes halogenated alkanes) is 1. The summed E-state index contributed by atoms with van der Waals surface area (Å²) in [5.74, 6) is 0.0341. The van der Waals surface area contributed by atoms with Gasteiger partial charge in [0.25, 0.3) is 0 Å². The molecule has 0 unspecified atom stereocenters. The molecule has 0 saturated carbocycles. The van der Waals surface area contributed by atoms with Gasteiger partial charge in [0.15, 0.2) is 17.3 Å². The Kier molecular flexibility index (Phi) is 10.1. The van der Waals surface area contributed by atoms with Crippen LogP contribution in [-0.2, 0) is 37.5 Å². The van der Waals surface area contributed by atoms with Crippen LogP contribution >= 0.6 is 0 Å². The molecule has 23 heavy (non-hydrogen) atoms. The Morgan fingerprint density at radius 2 is 1.78 bits per heavy atom. The molecule has 1 aromatic rings. The molecule has 5 heteroatoms. The molecule has 1 rings (SSSR count). The Labute approximate surface area is 162 Å². The molecule has 0 aliphatic heterocycles. The molecular weight excluding hydrogens is 369 g/mol. The standard InChI is InChI=1S/C18H21O4.Y/c1-12(2)16(21)9-5-6-11-22-17-10-7-8-15(13(3)19)18(17)14(4)20;/h6-8,10H,1,5,9,11H2,2-4H3;/q-1;. The van der Waals surface area contributed by atoms with E-state index in [1.807, 2.05) is 6.42 Å². The number of ether oxygens (including phenoxy) is 1. The second kappa shape index (κ2) is 10.6. The van der Waals surface area contributed by atoms with Gasteiger partial charge in [-0.2, -0.15) is 6.42 Å². The second-order valence-electron chi connectivity index (χ2n) is 5.13. The third-order valence-corrected chi connectivity index (χ3v) is 3.17. The van der Waals surface area contributed by atoms with Crippen molar-refractivity contribution in [3.8, 4) is 5.75 Å². The van der Waals surface area contributed by atoms with E-state index in [-0.39, 0.29) is 56.7 Å². The quantitative estimate of drug-likeness (QED) is 0.280. The number of carbonyl (C=O) groups excluding carboxylic acids is 3. The molecule has 0 saturated heterocycles. The number of carbonyl (C=O) groups is 3. The zero-order valence-electron chi connectivity index (χ0n) is 13.8. The smallest absolute Gasteiger partial charge is 0.164 e. The summed E-state index contributed by atoms with van der Waals surface area (Å²) < 4.78 is 5.57.